The van der Waals surface area contributed by atoms with Crippen LogP contribution in [0.4, 0.5) is 5.69 Å². The van der Waals surface area contributed by atoms with Gasteiger partial charge in [-0.1, -0.05) is 25.5 Å². The summed E-state index contributed by atoms with van der Waals surface area (Å²) in [7, 11) is 0. The molecule has 0 aliphatic heterocycles. The minimum Gasteiger partial charge on any atom is -0.399 e. The number of hydrogen-bond acceptors (Lipinski definition) is 2. The number of hydrogen-bond donors (Lipinski definition) is 2. The maximum Gasteiger partial charge on any atom is 0.224 e. The highest BCUT2D eigenvalue weighted by atomic mass is 16.1. The average molecular weight is 206 g/mol. The number of nitrogens with two attached hydrogens (primary N) is 1. The predicted molar refractivity (Wildman–Crippen MR) is 62.5 cm³/mol. The van der Waals surface area contributed by atoms with Crippen molar-refractivity contribution in [2.45, 2.75) is 26.2 Å². The minimum atomic E-state index is 0.0771. The van der Waals surface area contributed by atoms with Gasteiger partial charge in [0, 0.05) is 12.2 Å². The molecule has 0 fully saturated rings. The molecule has 0 bridgehead atoms. The number of benzene rings is 1. The van der Waals surface area contributed by atoms with Crippen molar-refractivity contribution in [2.24, 2.45) is 0 Å². The molecule has 0 radical (unpaired) electrons. The second-order valence-corrected chi connectivity index (χ2v) is 3.62. The molecule has 0 heterocycles. The molecule has 0 aliphatic rings. The Hall–Kier alpha value is -1.51. The number of rotatable bonds is 5. The van der Waals surface area contributed by atoms with Gasteiger partial charge in [-0.05, 0) is 24.1 Å². The Morgan fingerprint density at radius 2 is 2.00 bits per heavy atom. The lowest BCUT2D eigenvalue weighted by molar-refractivity contribution is -0.120. The summed E-state index contributed by atoms with van der Waals surface area (Å²) in [6.07, 6.45) is 2.57. The third-order valence-corrected chi connectivity index (χ3v) is 2.20. The van der Waals surface area contributed by atoms with E-state index >= 15 is 0 Å². The molecule has 0 atom stereocenters. The van der Waals surface area contributed by atoms with Gasteiger partial charge < -0.3 is 11.1 Å². The van der Waals surface area contributed by atoms with Gasteiger partial charge in [-0.2, -0.15) is 0 Å². The van der Waals surface area contributed by atoms with Crippen LogP contribution in [-0.4, -0.2) is 12.5 Å². The van der Waals surface area contributed by atoms with Gasteiger partial charge in [-0.15, -0.1) is 0 Å². The Labute approximate surface area is 90.7 Å². The molecule has 0 unspecified atom stereocenters. The van der Waals surface area contributed by atoms with Crippen LogP contribution in [-0.2, 0) is 11.2 Å². The SMILES string of the molecule is CCCCNC(=O)Cc1ccc(N)cc1. The first-order valence-corrected chi connectivity index (χ1v) is 5.33. The highest BCUT2D eigenvalue weighted by Gasteiger charge is 2.01. The summed E-state index contributed by atoms with van der Waals surface area (Å²) < 4.78 is 0. The summed E-state index contributed by atoms with van der Waals surface area (Å²) in [6, 6.07) is 7.40. The van der Waals surface area contributed by atoms with E-state index in [1.54, 1.807) is 0 Å². The lowest BCUT2D eigenvalue weighted by Crippen LogP contribution is -2.25. The van der Waals surface area contributed by atoms with Crippen LogP contribution in [0.3, 0.4) is 0 Å². The highest BCUT2D eigenvalue weighted by molar-refractivity contribution is 5.78. The van der Waals surface area contributed by atoms with E-state index in [9.17, 15) is 4.79 Å². The van der Waals surface area contributed by atoms with Crippen molar-refractivity contribution >= 4 is 11.6 Å². The van der Waals surface area contributed by atoms with Crippen LogP contribution in [0.1, 0.15) is 25.3 Å². The smallest absolute Gasteiger partial charge is 0.224 e. The number of nitrogens with one attached hydrogen (secondary N) is 1. The minimum absolute atomic E-state index is 0.0771. The summed E-state index contributed by atoms with van der Waals surface area (Å²) in [5, 5.41) is 2.88. The molecule has 0 saturated heterocycles. The van der Waals surface area contributed by atoms with E-state index in [0.717, 1.165) is 30.6 Å². The maximum atomic E-state index is 11.4. The molecule has 0 aromatic heterocycles. The van der Waals surface area contributed by atoms with Crippen molar-refractivity contribution < 1.29 is 4.79 Å². The topological polar surface area (TPSA) is 55.1 Å². The fourth-order valence-electron chi connectivity index (χ4n) is 1.29. The molecule has 1 aromatic carbocycles. The van der Waals surface area contributed by atoms with Gasteiger partial charge in [0.25, 0.3) is 0 Å². The van der Waals surface area contributed by atoms with Gasteiger partial charge >= 0.3 is 0 Å². The van der Waals surface area contributed by atoms with Crippen molar-refractivity contribution in [1.29, 1.82) is 0 Å². The molecule has 0 aliphatic carbocycles. The Kier molecular flexibility index (Phi) is 4.68. The van der Waals surface area contributed by atoms with Crippen molar-refractivity contribution in [3.8, 4) is 0 Å². The third-order valence-electron chi connectivity index (χ3n) is 2.20. The molecular formula is C12H18N2O. The normalized spacial score (nSPS) is 9.93. The zero-order valence-electron chi connectivity index (χ0n) is 9.12. The molecule has 3 nitrogen and oxygen atoms in total. The summed E-state index contributed by atoms with van der Waals surface area (Å²) in [5.41, 5.74) is 7.28. The van der Waals surface area contributed by atoms with Gasteiger partial charge in [0.1, 0.15) is 0 Å². The monoisotopic (exact) mass is 206 g/mol. The van der Waals surface area contributed by atoms with Crippen LogP contribution in [0.25, 0.3) is 0 Å². The summed E-state index contributed by atoms with van der Waals surface area (Å²) in [6.45, 7) is 2.87. The number of nitrogen functional groups attached to an aromatic ring is 1. The Morgan fingerprint density at radius 3 is 2.60 bits per heavy atom. The molecule has 1 aromatic rings. The van der Waals surface area contributed by atoms with E-state index < -0.39 is 0 Å². The van der Waals surface area contributed by atoms with Crippen LogP contribution < -0.4 is 11.1 Å². The molecule has 1 rings (SSSR count). The standard InChI is InChI=1S/C12H18N2O/c1-2-3-8-14-12(15)9-10-4-6-11(13)7-5-10/h4-7H,2-3,8-9,13H2,1H3,(H,14,15). The van der Waals surface area contributed by atoms with Crippen LogP contribution in [0, 0.1) is 0 Å². The summed E-state index contributed by atoms with van der Waals surface area (Å²) in [5.74, 6) is 0.0771. The Morgan fingerprint density at radius 1 is 1.33 bits per heavy atom. The molecule has 3 N–H and O–H groups in total. The molecule has 15 heavy (non-hydrogen) atoms. The van der Waals surface area contributed by atoms with E-state index in [4.69, 9.17) is 5.73 Å². The zero-order valence-corrected chi connectivity index (χ0v) is 9.12. The third kappa shape index (κ3) is 4.49. The fraction of sp³-hybridized carbons (Fsp3) is 0.417. The van der Waals surface area contributed by atoms with Crippen molar-refractivity contribution in [3.63, 3.8) is 0 Å². The van der Waals surface area contributed by atoms with Crippen molar-refractivity contribution in [2.75, 3.05) is 12.3 Å². The van der Waals surface area contributed by atoms with Crippen LogP contribution in [0.5, 0.6) is 0 Å². The lowest BCUT2D eigenvalue weighted by Gasteiger charge is -2.04. The van der Waals surface area contributed by atoms with E-state index in [0.29, 0.717) is 6.42 Å². The zero-order chi connectivity index (χ0) is 11.1. The number of amides is 1. The molecule has 3 heteroatoms. The van der Waals surface area contributed by atoms with Crippen LogP contribution in [0.2, 0.25) is 0 Å². The maximum absolute atomic E-state index is 11.4. The van der Waals surface area contributed by atoms with Crippen LogP contribution in [0.15, 0.2) is 24.3 Å². The van der Waals surface area contributed by atoms with E-state index in [2.05, 4.69) is 12.2 Å². The fourth-order valence-corrected chi connectivity index (χ4v) is 1.29. The second-order valence-electron chi connectivity index (χ2n) is 3.62. The summed E-state index contributed by atoms with van der Waals surface area (Å²) >= 11 is 0. The number of carbonyl (C=O) groups is 1. The number of carbonyl (C=O) groups excluding carboxylic acids is 1. The van der Waals surface area contributed by atoms with Gasteiger partial charge in [0.15, 0.2) is 0 Å². The number of anilines is 1. The van der Waals surface area contributed by atoms with Crippen molar-refractivity contribution in [1.82, 2.24) is 5.32 Å². The van der Waals surface area contributed by atoms with Gasteiger partial charge in [-0.25, -0.2) is 0 Å². The largest absolute Gasteiger partial charge is 0.399 e. The van der Waals surface area contributed by atoms with Crippen LogP contribution >= 0.6 is 0 Å². The molecule has 0 spiro atoms. The number of unbranched alkanes of at least 4 members (excludes halogenated alkanes) is 1. The average Bonchev–Trinajstić information content (AvgIpc) is 2.22. The van der Waals surface area contributed by atoms with Gasteiger partial charge in [0.05, 0.1) is 6.42 Å². The van der Waals surface area contributed by atoms with E-state index in [-0.39, 0.29) is 5.91 Å². The van der Waals surface area contributed by atoms with Gasteiger partial charge in [-0.3, -0.25) is 4.79 Å². The first kappa shape index (κ1) is 11.6. The second kappa shape index (κ2) is 6.06. The summed E-state index contributed by atoms with van der Waals surface area (Å²) in [4.78, 5) is 11.4. The Bertz CT molecular complexity index is 306. The predicted octanol–water partition coefficient (Wildman–Crippen LogP) is 1.73. The van der Waals surface area contributed by atoms with E-state index in [1.165, 1.54) is 0 Å². The molecule has 82 valence electrons. The van der Waals surface area contributed by atoms with E-state index in [1.807, 2.05) is 24.3 Å². The molecule has 1 amide bonds. The van der Waals surface area contributed by atoms with Gasteiger partial charge in [0.2, 0.25) is 5.91 Å². The molecule has 0 saturated carbocycles. The highest BCUT2D eigenvalue weighted by Crippen LogP contribution is 2.05. The Balaban J connectivity index is 2.34. The quantitative estimate of drug-likeness (QED) is 0.569. The molecular weight excluding hydrogens is 188 g/mol. The first-order valence-electron chi connectivity index (χ1n) is 5.33. The van der Waals surface area contributed by atoms with Crippen molar-refractivity contribution in [3.05, 3.63) is 29.8 Å². The lowest BCUT2D eigenvalue weighted by atomic mass is 10.1. The first-order chi connectivity index (χ1) is 7.22.